The summed E-state index contributed by atoms with van der Waals surface area (Å²) in [6.07, 6.45) is 66.8. The number of unbranched alkanes of at least 4 members (excludes halogenated alkanes) is 45. The van der Waals surface area contributed by atoms with Gasteiger partial charge in [0, 0.05) is 0 Å². The third kappa shape index (κ3) is 48.0. The highest BCUT2D eigenvalue weighted by atomic mass is 16.7. The van der Waals surface area contributed by atoms with E-state index in [0.717, 1.165) is 38.5 Å². The van der Waals surface area contributed by atoms with Crippen LogP contribution in [-0.4, -0.2) is 110 Å². The molecular formula is C72H137NO10. The second-order valence-electron chi connectivity index (χ2n) is 25.3. The Hall–Kier alpha value is -1.67. The predicted octanol–water partition coefficient (Wildman–Crippen LogP) is 17.4. The molecule has 0 aromatic rings. The van der Waals surface area contributed by atoms with Crippen LogP contribution in [0.2, 0.25) is 0 Å². The van der Waals surface area contributed by atoms with E-state index in [9.17, 15) is 40.5 Å². The van der Waals surface area contributed by atoms with Crippen molar-refractivity contribution in [2.75, 3.05) is 13.2 Å². The molecule has 83 heavy (non-hydrogen) atoms. The lowest BCUT2D eigenvalue weighted by Gasteiger charge is -2.40. The van der Waals surface area contributed by atoms with E-state index in [0.29, 0.717) is 19.3 Å². The number of hydrogen-bond donors (Lipinski definition) is 8. The van der Waals surface area contributed by atoms with Gasteiger partial charge in [0.25, 0.3) is 0 Å². The Balaban J connectivity index is 2.16. The van der Waals surface area contributed by atoms with Gasteiger partial charge in [-0.05, 0) is 77.0 Å². The summed E-state index contributed by atoms with van der Waals surface area (Å²) in [4.78, 5) is 13.2. The van der Waals surface area contributed by atoms with Crippen LogP contribution in [0, 0.1) is 0 Å². The number of carbonyl (C=O) groups excluding carboxylic acids is 1. The molecule has 9 unspecified atom stereocenters. The zero-order valence-corrected chi connectivity index (χ0v) is 54.2. The van der Waals surface area contributed by atoms with Crippen LogP contribution in [0.4, 0.5) is 0 Å². The zero-order valence-electron chi connectivity index (χ0n) is 54.2. The number of amides is 1. The lowest BCUT2D eigenvalue weighted by Crippen LogP contribution is -2.60. The van der Waals surface area contributed by atoms with Gasteiger partial charge in [-0.1, -0.05) is 307 Å². The Kier molecular flexibility index (Phi) is 57.9. The number of aliphatic hydroxyl groups excluding tert-OH is 7. The Morgan fingerprint density at radius 2 is 0.723 bits per heavy atom. The smallest absolute Gasteiger partial charge is 0.249 e. The van der Waals surface area contributed by atoms with Crippen LogP contribution < -0.4 is 5.32 Å². The summed E-state index contributed by atoms with van der Waals surface area (Å²) in [7, 11) is 0. The highest BCUT2D eigenvalue weighted by Crippen LogP contribution is 2.24. The fourth-order valence-corrected chi connectivity index (χ4v) is 11.6. The monoisotopic (exact) mass is 1180 g/mol. The zero-order chi connectivity index (χ0) is 60.3. The first-order chi connectivity index (χ1) is 40.7. The fraction of sp³-hybridized carbons (Fsp3) is 0.903. The molecule has 490 valence electrons. The van der Waals surface area contributed by atoms with Gasteiger partial charge < -0.3 is 50.5 Å². The molecule has 0 aromatic heterocycles. The van der Waals surface area contributed by atoms with Crippen molar-refractivity contribution < 1.29 is 50.0 Å². The number of hydrogen-bond acceptors (Lipinski definition) is 10. The molecule has 1 aliphatic heterocycles. The van der Waals surface area contributed by atoms with Crippen molar-refractivity contribution >= 4 is 5.91 Å². The molecule has 1 rings (SSSR count). The normalized spacial score (nSPS) is 19.2. The molecule has 1 saturated heterocycles. The molecule has 1 amide bonds. The SMILES string of the molecule is CCCCCCCCCCCCC/C=C/CC/C=C/CCCC(O)C(O)C(COC1OC(CO)C(O)C(O)C1O)NC(=O)C(O)CCCCCCCCCCCCCCCCCC/C=C\CCCCCCCCCCCCCCCCCC. The van der Waals surface area contributed by atoms with Crippen LogP contribution in [0.3, 0.4) is 0 Å². The second kappa shape index (κ2) is 60.6. The van der Waals surface area contributed by atoms with Crippen LogP contribution in [0.15, 0.2) is 36.5 Å². The van der Waals surface area contributed by atoms with E-state index < -0.39 is 74.2 Å². The first-order valence-electron chi connectivity index (χ1n) is 35.9. The van der Waals surface area contributed by atoms with E-state index in [1.165, 1.54) is 263 Å². The van der Waals surface area contributed by atoms with Gasteiger partial charge in [-0.25, -0.2) is 0 Å². The second-order valence-corrected chi connectivity index (χ2v) is 25.3. The fourth-order valence-electron chi connectivity index (χ4n) is 11.6. The number of ether oxygens (including phenoxy) is 2. The molecule has 0 bridgehead atoms. The Labute approximate surface area is 511 Å². The van der Waals surface area contributed by atoms with Gasteiger partial charge in [-0.2, -0.15) is 0 Å². The molecule has 0 radical (unpaired) electrons. The maximum Gasteiger partial charge on any atom is 0.249 e. The Bertz CT molecular complexity index is 1440. The van der Waals surface area contributed by atoms with Gasteiger partial charge in [0.1, 0.15) is 36.6 Å². The van der Waals surface area contributed by atoms with Gasteiger partial charge in [-0.3, -0.25) is 4.79 Å². The molecular weight excluding hydrogens is 1040 g/mol. The minimum Gasteiger partial charge on any atom is -0.394 e. The predicted molar refractivity (Wildman–Crippen MR) is 349 cm³/mol. The number of nitrogens with one attached hydrogen (secondary N) is 1. The van der Waals surface area contributed by atoms with Crippen molar-refractivity contribution in [3.8, 4) is 0 Å². The molecule has 0 aromatic carbocycles. The van der Waals surface area contributed by atoms with Crippen molar-refractivity contribution in [1.82, 2.24) is 5.32 Å². The molecule has 1 heterocycles. The van der Waals surface area contributed by atoms with E-state index >= 15 is 0 Å². The van der Waals surface area contributed by atoms with Crippen LogP contribution in [-0.2, 0) is 14.3 Å². The average molecular weight is 1180 g/mol. The van der Waals surface area contributed by atoms with Crippen LogP contribution in [0.1, 0.15) is 348 Å². The number of rotatable bonds is 63. The largest absolute Gasteiger partial charge is 0.394 e. The summed E-state index contributed by atoms with van der Waals surface area (Å²) in [6, 6.07) is -1.19. The maximum atomic E-state index is 13.2. The molecule has 11 heteroatoms. The molecule has 11 nitrogen and oxygen atoms in total. The standard InChI is InChI=1S/C72H137NO10/c1-3-5-7-9-11-13-15-17-19-21-23-25-26-27-28-29-30-31-32-33-34-35-36-37-38-39-40-42-44-46-48-50-52-54-56-58-60-65(76)71(81)73-63(62-82-72-70(80)69(79)68(78)66(61-74)83-72)67(77)64(75)59-57-55-53-51-49-47-45-43-41-24-22-20-18-16-14-12-10-8-6-4-2/h31-32,43,45,51,53,63-70,72,74-80H,3-30,33-42,44,46-50,52,54-62H2,1-2H3,(H,73,81)/b32-31-,45-43+,53-51+. The third-order valence-electron chi connectivity index (χ3n) is 17.4. The number of carbonyl (C=O) groups is 1. The number of allylic oxidation sites excluding steroid dienone is 6. The van der Waals surface area contributed by atoms with Crippen LogP contribution >= 0.6 is 0 Å². The van der Waals surface area contributed by atoms with Crippen molar-refractivity contribution in [3.05, 3.63) is 36.5 Å². The molecule has 8 N–H and O–H groups in total. The lowest BCUT2D eigenvalue weighted by molar-refractivity contribution is -0.303. The van der Waals surface area contributed by atoms with E-state index in [-0.39, 0.29) is 12.8 Å². The van der Waals surface area contributed by atoms with Gasteiger partial charge in [-0.15, -0.1) is 0 Å². The van der Waals surface area contributed by atoms with Crippen molar-refractivity contribution in [1.29, 1.82) is 0 Å². The van der Waals surface area contributed by atoms with E-state index in [4.69, 9.17) is 9.47 Å². The first-order valence-corrected chi connectivity index (χ1v) is 35.9. The summed E-state index contributed by atoms with van der Waals surface area (Å²) in [5, 5.41) is 76.4. The molecule has 0 aliphatic carbocycles. The molecule has 0 spiro atoms. The summed E-state index contributed by atoms with van der Waals surface area (Å²) in [5.41, 5.74) is 0. The topological polar surface area (TPSA) is 189 Å². The third-order valence-corrected chi connectivity index (χ3v) is 17.4. The van der Waals surface area contributed by atoms with E-state index in [1.807, 2.05) is 0 Å². The van der Waals surface area contributed by atoms with Gasteiger partial charge >= 0.3 is 0 Å². The summed E-state index contributed by atoms with van der Waals surface area (Å²) >= 11 is 0. The highest BCUT2D eigenvalue weighted by molar-refractivity contribution is 5.80. The van der Waals surface area contributed by atoms with E-state index in [2.05, 4.69) is 55.6 Å². The van der Waals surface area contributed by atoms with Crippen LogP contribution in [0.5, 0.6) is 0 Å². The number of aliphatic hydroxyl groups is 7. The summed E-state index contributed by atoms with van der Waals surface area (Å²) in [6.45, 7) is 3.48. The van der Waals surface area contributed by atoms with Gasteiger partial charge in [0.2, 0.25) is 5.91 Å². The van der Waals surface area contributed by atoms with Crippen molar-refractivity contribution in [2.45, 2.75) is 403 Å². The van der Waals surface area contributed by atoms with Crippen LogP contribution in [0.25, 0.3) is 0 Å². The minimum atomic E-state index is -1.67. The highest BCUT2D eigenvalue weighted by Gasteiger charge is 2.44. The van der Waals surface area contributed by atoms with Gasteiger partial charge in [0.15, 0.2) is 6.29 Å². The van der Waals surface area contributed by atoms with Gasteiger partial charge in [0.05, 0.1) is 25.4 Å². The molecule has 1 fully saturated rings. The molecule has 0 saturated carbocycles. The minimum absolute atomic E-state index is 0.248. The Morgan fingerprint density at radius 1 is 0.410 bits per heavy atom. The molecule has 9 atom stereocenters. The van der Waals surface area contributed by atoms with Crippen molar-refractivity contribution in [2.24, 2.45) is 0 Å². The van der Waals surface area contributed by atoms with Crippen molar-refractivity contribution in [3.63, 3.8) is 0 Å². The first kappa shape index (κ1) is 79.3. The Morgan fingerprint density at radius 3 is 1.07 bits per heavy atom. The summed E-state index contributed by atoms with van der Waals surface area (Å²) < 4.78 is 11.2. The average Bonchev–Trinajstić information content (AvgIpc) is 3.68. The lowest BCUT2D eigenvalue weighted by atomic mass is 9.98. The van der Waals surface area contributed by atoms with E-state index in [1.54, 1.807) is 0 Å². The quantitative estimate of drug-likeness (QED) is 0.0215. The summed E-state index contributed by atoms with van der Waals surface area (Å²) in [5.74, 6) is -0.705. The molecule has 1 aliphatic rings. The maximum absolute atomic E-state index is 13.2.